The Morgan fingerprint density at radius 2 is 2.00 bits per heavy atom. The second-order valence-electron chi connectivity index (χ2n) is 4.37. The van der Waals surface area contributed by atoms with Crippen LogP contribution in [0.1, 0.15) is 31.7 Å². The highest BCUT2D eigenvalue weighted by Crippen LogP contribution is 2.31. The number of benzene rings is 1. The largest absolute Gasteiger partial charge is 0.383 e. The van der Waals surface area contributed by atoms with Crippen molar-refractivity contribution in [2.75, 3.05) is 6.61 Å². The topological polar surface area (TPSA) is 29.5 Å². The van der Waals surface area contributed by atoms with Crippen molar-refractivity contribution in [3.63, 3.8) is 0 Å². The average Bonchev–Trinajstić information content (AvgIpc) is 2.31. The van der Waals surface area contributed by atoms with E-state index in [0.29, 0.717) is 0 Å². The maximum Gasteiger partial charge on any atom is 0.113 e. The van der Waals surface area contributed by atoms with Gasteiger partial charge in [0.1, 0.15) is 5.60 Å². The maximum absolute atomic E-state index is 10.5. The molecule has 0 amide bonds. The Balaban J connectivity index is 2.18. The van der Waals surface area contributed by atoms with Crippen molar-refractivity contribution in [1.29, 1.82) is 0 Å². The number of ether oxygens (including phenoxy) is 1. The van der Waals surface area contributed by atoms with Crippen molar-refractivity contribution in [1.82, 2.24) is 0 Å². The van der Waals surface area contributed by atoms with Gasteiger partial charge in [-0.15, -0.1) is 0 Å². The molecule has 0 radical (unpaired) electrons. The van der Waals surface area contributed by atoms with Gasteiger partial charge in [-0.25, -0.2) is 0 Å². The first-order valence-electron chi connectivity index (χ1n) is 5.61. The SMILES string of the molecule is C[C@@](O)(c1ccccc1)C1CCCCO1. The smallest absolute Gasteiger partial charge is 0.113 e. The van der Waals surface area contributed by atoms with Crippen LogP contribution in [0.15, 0.2) is 30.3 Å². The summed E-state index contributed by atoms with van der Waals surface area (Å²) >= 11 is 0. The van der Waals surface area contributed by atoms with Crippen molar-refractivity contribution < 1.29 is 9.84 Å². The molecule has 2 atom stereocenters. The standard InChI is InChI=1S/C13H18O2/c1-13(14,11-7-3-2-4-8-11)12-9-5-6-10-15-12/h2-4,7-8,12,14H,5-6,9-10H2,1H3/t12?,13-/m1/s1. The Hall–Kier alpha value is -0.860. The number of aliphatic hydroxyl groups is 1. The molecule has 1 aliphatic rings. The van der Waals surface area contributed by atoms with Crippen molar-refractivity contribution in [2.45, 2.75) is 37.9 Å². The van der Waals surface area contributed by atoms with E-state index in [0.717, 1.165) is 31.4 Å². The van der Waals surface area contributed by atoms with Gasteiger partial charge in [0.2, 0.25) is 0 Å². The Morgan fingerprint density at radius 3 is 2.60 bits per heavy atom. The van der Waals surface area contributed by atoms with Gasteiger partial charge in [-0.3, -0.25) is 0 Å². The van der Waals surface area contributed by atoms with E-state index in [9.17, 15) is 5.11 Å². The normalized spacial score (nSPS) is 25.9. The van der Waals surface area contributed by atoms with Gasteiger partial charge in [0.15, 0.2) is 0 Å². The molecule has 1 N–H and O–H groups in total. The molecule has 2 heteroatoms. The number of rotatable bonds is 2. The van der Waals surface area contributed by atoms with E-state index in [1.807, 2.05) is 37.3 Å². The van der Waals surface area contributed by atoms with Gasteiger partial charge in [-0.05, 0) is 31.7 Å². The predicted octanol–water partition coefficient (Wildman–Crippen LogP) is 2.46. The van der Waals surface area contributed by atoms with Crippen LogP contribution >= 0.6 is 0 Å². The van der Waals surface area contributed by atoms with Crippen LogP contribution in [0.4, 0.5) is 0 Å². The van der Waals surface area contributed by atoms with Crippen molar-refractivity contribution in [3.8, 4) is 0 Å². The summed E-state index contributed by atoms with van der Waals surface area (Å²) in [6, 6.07) is 9.77. The van der Waals surface area contributed by atoms with Gasteiger partial charge >= 0.3 is 0 Å². The first-order chi connectivity index (χ1) is 7.21. The fraction of sp³-hybridized carbons (Fsp3) is 0.538. The van der Waals surface area contributed by atoms with Crippen LogP contribution in [0, 0.1) is 0 Å². The third kappa shape index (κ3) is 2.21. The molecule has 1 aliphatic heterocycles. The summed E-state index contributed by atoms with van der Waals surface area (Å²) in [5.41, 5.74) is 0.0821. The summed E-state index contributed by atoms with van der Waals surface area (Å²) in [4.78, 5) is 0. The first kappa shape index (κ1) is 10.7. The van der Waals surface area contributed by atoms with Gasteiger partial charge in [0, 0.05) is 6.61 Å². The molecule has 1 unspecified atom stereocenters. The van der Waals surface area contributed by atoms with Crippen LogP contribution in [0.25, 0.3) is 0 Å². The molecule has 1 heterocycles. The summed E-state index contributed by atoms with van der Waals surface area (Å²) in [5, 5.41) is 10.5. The predicted molar refractivity (Wildman–Crippen MR) is 59.6 cm³/mol. The molecule has 1 aromatic carbocycles. The van der Waals surface area contributed by atoms with Crippen molar-refractivity contribution in [2.24, 2.45) is 0 Å². The molecule has 0 saturated carbocycles. The second-order valence-corrected chi connectivity index (χ2v) is 4.37. The molecule has 2 nitrogen and oxygen atoms in total. The zero-order valence-corrected chi connectivity index (χ0v) is 9.15. The van der Waals surface area contributed by atoms with E-state index in [-0.39, 0.29) is 6.10 Å². The monoisotopic (exact) mass is 206 g/mol. The lowest BCUT2D eigenvalue weighted by Gasteiger charge is -2.35. The van der Waals surface area contributed by atoms with Gasteiger partial charge < -0.3 is 9.84 Å². The minimum absolute atomic E-state index is 0.0614. The third-order valence-electron chi connectivity index (χ3n) is 3.16. The molecule has 2 rings (SSSR count). The first-order valence-corrected chi connectivity index (χ1v) is 5.61. The Labute approximate surface area is 90.9 Å². The third-order valence-corrected chi connectivity index (χ3v) is 3.16. The van der Waals surface area contributed by atoms with E-state index in [1.165, 1.54) is 0 Å². The molecule has 0 aromatic heterocycles. The highest BCUT2D eigenvalue weighted by Gasteiger charge is 2.35. The second kappa shape index (κ2) is 4.33. The average molecular weight is 206 g/mol. The molecule has 82 valence electrons. The highest BCUT2D eigenvalue weighted by molar-refractivity contribution is 5.23. The summed E-state index contributed by atoms with van der Waals surface area (Å²) < 4.78 is 5.65. The lowest BCUT2D eigenvalue weighted by molar-refractivity contribution is -0.122. The molecular formula is C13H18O2. The fourth-order valence-electron chi connectivity index (χ4n) is 2.15. The zero-order chi connectivity index (χ0) is 10.7. The summed E-state index contributed by atoms with van der Waals surface area (Å²) in [6.07, 6.45) is 3.14. The van der Waals surface area contributed by atoms with Crippen LogP contribution in [-0.4, -0.2) is 17.8 Å². The fourth-order valence-corrected chi connectivity index (χ4v) is 2.15. The van der Waals surface area contributed by atoms with Crippen molar-refractivity contribution >= 4 is 0 Å². The minimum atomic E-state index is -0.859. The number of hydrogen-bond acceptors (Lipinski definition) is 2. The lowest BCUT2D eigenvalue weighted by Crippen LogP contribution is -2.40. The van der Waals surface area contributed by atoms with Gasteiger partial charge in [-0.1, -0.05) is 30.3 Å². The Bertz CT molecular complexity index is 300. The highest BCUT2D eigenvalue weighted by atomic mass is 16.5. The molecule has 0 bridgehead atoms. The van der Waals surface area contributed by atoms with E-state index in [2.05, 4.69) is 0 Å². The molecule has 0 spiro atoms. The van der Waals surface area contributed by atoms with Crippen LogP contribution in [0.5, 0.6) is 0 Å². The lowest BCUT2D eigenvalue weighted by atomic mass is 9.86. The van der Waals surface area contributed by atoms with Crippen LogP contribution in [0.2, 0.25) is 0 Å². The van der Waals surface area contributed by atoms with Gasteiger partial charge in [0.05, 0.1) is 6.10 Å². The van der Waals surface area contributed by atoms with Gasteiger partial charge in [-0.2, -0.15) is 0 Å². The number of hydrogen-bond donors (Lipinski definition) is 1. The zero-order valence-electron chi connectivity index (χ0n) is 9.15. The summed E-state index contributed by atoms with van der Waals surface area (Å²) in [7, 11) is 0. The van der Waals surface area contributed by atoms with Crippen LogP contribution < -0.4 is 0 Å². The molecular weight excluding hydrogens is 188 g/mol. The summed E-state index contributed by atoms with van der Waals surface area (Å²) in [5.74, 6) is 0. The Morgan fingerprint density at radius 1 is 1.27 bits per heavy atom. The quantitative estimate of drug-likeness (QED) is 0.805. The van der Waals surface area contributed by atoms with E-state index < -0.39 is 5.60 Å². The van der Waals surface area contributed by atoms with Gasteiger partial charge in [0.25, 0.3) is 0 Å². The molecule has 1 aromatic rings. The summed E-state index contributed by atoms with van der Waals surface area (Å²) in [6.45, 7) is 2.62. The maximum atomic E-state index is 10.5. The Kier molecular flexibility index (Phi) is 3.08. The van der Waals surface area contributed by atoms with E-state index in [4.69, 9.17) is 4.74 Å². The van der Waals surface area contributed by atoms with E-state index in [1.54, 1.807) is 0 Å². The van der Waals surface area contributed by atoms with Crippen LogP contribution in [0.3, 0.4) is 0 Å². The van der Waals surface area contributed by atoms with E-state index >= 15 is 0 Å². The van der Waals surface area contributed by atoms with Crippen LogP contribution in [-0.2, 0) is 10.3 Å². The molecule has 15 heavy (non-hydrogen) atoms. The molecule has 1 fully saturated rings. The molecule has 1 saturated heterocycles. The van der Waals surface area contributed by atoms with Crippen molar-refractivity contribution in [3.05, 3.63) is 35.9 Å². The minimum Gasteiger partial charge on any atom is -0.383 e. The molecule has 0 aliphatic carbocycles.